The Balaban J connectivity index is 1.51. The highest BCUT2D eigenvalue weighted by atomic mass is 35.5. The summed E-state index contributed by atoms with van der Waals surface area (Å²) < 4.78 is 0. The molecule has 5 heteroatoms. The van der Waals surface area contributed by atoms with E-state index in [4.69, 9.17) is 11.6 Å². The minimum atomic E-state index is 0.217. The molecule has 1 amide bonds. The Hall–Kier alpha value is -0.710. The Kier molecular flexibility index (Phi) is 4.54. The summed E-state index contributed by atoms with van der Waals surface area (Å²) in [5.41, 5.74) is 1.29. The minimum Gasteiger partial charge on any atom is -0.355 e. The van der Waals surface area contributed by atoms with Crippen molar-refractivity contribution in [1.82, 2.24) is 10.6 Å². The van der Waals surface area contributed by atoms with Gasteiger partial charge in [-0.1, -0.05) is 11.6 Å². The minimum absolute atomic E-state index is 0.217. The summed E-state index contributed by atoms with van der Waals surface area (Å²) in [6, 6.07) is 6.46. The van der Waals surface area contributed by atoms with E-state index < -0.39 is 0 Å². The molecule has 1 aromatic carbocycles. The van der Waals surface area contributed by atoms with E-state index in [-0.39, 0.29) is 5.91 Å². The highest BCUT2D eigenvalue weighted by molar-refractivity contribution is 7.99. The Labute approximate surface area is 128 Å². The second-order valence-electron chi connectivity index (χ2n) is 5.39. The van der Waals surface area contributed by atoms with Crippen LogP contribution < -0.4 is 10.6 Å². The number of hydrogen-bond acceptors (Lipinski definition) is 3. The Morgan fingerprint density at radius 2 is 2.15 bits per heavy atom. The molecule has 1 saturated carbocycles. The third-order valence-corrected chi connectivity index (χ3v) is 5.13. The van der Waals surface area contributed by atoms with Crippen LogP contribution in [0.5, 0.6) is 0 Å². The van der Waals surface area contributed by atoms with Gasteiger partial charge in [0.05, 0.1) is 0 Å². The summed E-state index contributed by atoms with van der Waals surface area (Å²) in [5.74, 6) is 1.64. The first-order valence-electron chi connectivity index (χ1n) is 7.17. The molecule has 3 rings (SSSR count). The van der Waals surface area contributed by atoms with E-state index in [1.165, 1.54) is 10.5 Å². The molecule has 0 radical (unpaired) electrons. The second kappa shape index (κ2) is 6.37. The maximum Gasteiger partial charge on any atom is 0.223 e. The van der Waals surface area contributed by atoms with Crippen LogP contribution in [0, 0.1) is 5.92 Å². The van der Waals surface area contributed by atoms with Crippen LogP contribution in [0.25, 0.3) is 0 Å². The number of fused-ring (bicyclic) bond motifs is 1. The van der Waals surface area contributed by atoms with Crippen molar-refractivity contribution in [3.05, 3.63) is 28.8 Å². The molecule has 1 heterocycles. The fraction of sp³-hybridized carbons (Fsp3) is 0.533. The van der Waals surface area contributed by atoms with E-state index in [1.54, 1.807) is 0 Å². The van der Waals surface area contributed by atoms with Gasteiger partial charge in [0.1, 0.15) is 0 Å². The van der Waals surface area contributed by atoms with E-state index in [2.05, 4.69) is 22.8 Å². The van der Waals surface area contributed by atoms with Crippen LogP contribution in [0.15, 0.2) is 23.1 Å². The highest BCUT2D eigenvalue weighted by Gasteiger charge is 2.29. The van der Waals surface area contributed by atoms with E-state index in [0.29, 0.717) is 18.5 Å². The molecule has 1 fully saturated rings. The van der Waals surface area contributed by atoms with Crippen LogP contribution in [0.4, 0.5) is 0 Å². The summed E-state index contributed by atoms with van der Waals surface area (Å²) in [6.45, 7) is 1.51. The molecule has 0 spiro atoms. The van der Waals surface area contributed by atoms with Crippen molar-refractivity contribution in [2.24, 2.45) is 5.92 Å². The molecule has 1 aliphatic heterocycles. The molecule has 20 heavy (non-hydrogen) atoms. The lowest BCUT2D eigenvalue weighted by molar-refractivity contribution is -0.122. The van der Waals surface area contributed by atoms with Gasteiger partial charge in [0.15, 0.2) is 0 Å². The lowest BCUT2D eigenvalue weighted by atomic mass is 10.0. The molecular weight excluding hydrogens is 292 g/mol. The zero-order chi connectivity index (χ0) is 13.9. The zero-order valence-electron chi connectivity index (χ0n) is 11.3. The topological polar surface area (TPSA) is 41.1 Å². The number of benzene rings is 1. The smallest absolute Gasteiger partial charge is 0.223 e. The molecule has 0 bridgehead atoms. The Morgan fingerprint density at radius 1 is 1.30 bits per heavy atom. The van der Waals surface area contributed by atoms with Gasteiger partial charge in [-0.05, 0) is 48.8 Å². The monoisotopic (exact) mass is 310 g/mol. The number of nitrogens with one attached hydrogen (secondary N) is 2. The summed E-state index contributed by atoms with van der Waals surface area (Å²) >= 11 is 7.98. The molecule has 2 aliphatic rings. The van der Waals surface area contributed by atoms with E-state index in [0.717, 1.165) is 36.6 Å². The summed E-state index contributed by atoms with van der Waals surface area (Å²) in [7, 11) is 0. The van der Waals surface area contributed by atoms with E-state index in [1.807, 2.05) is 17.8 Å². The molecule has 1 aromatic rings. The van der Waals surface area contributed by atoms with Gasteiger partial charge in [-0.15, -0.1) is 11.8 Å². The summed E-state index contributed by atoms with van der Waals surface area (Å²) in [6.07, 6.45) is 3.23. The van der Waals surface area contributed by atoms with Crippen LogP contribution in [-0.2, 0) is 4.79 Å². The maximum absolute atomic E-state index is 11.5. The number of amides is 1. The fourth-order valence-corrected chi connectivity index (χ4v) is 3.79. The number of carbonyl (C=O) groups is 1. The largest absolute Gasteiger partial charge is 0.355 e. The molecule has 0 aromatic heterocycles. The second-order valence-corrected chi connectivity index (χ2v) is 6.96. The van der Waals surface area contributed by atoms with Gasteiger partial charge < -0.3 is 10.6 Å². The summed E-state index contributed by atoms with van der Waals surface area (Å²) in [5, 5.41) is 7.31. The molecular formula is C15H19ClN2OS. The van der Waals surface area contributed by atoms with Crippen molar-refractivity contribution in [2.45, 2.75) is 30.2 Å². The first-order valence-corrected chi connectivity index (χ1v) is 8.54. The maximum atomic E-state index is 11.5. The zero-order valence-corrected chi connectivity index (χ0v) is 12.9. The predicted molar refractivity (Wildman–Crippen MR) is 83.3 cm³/mol. The first kappa shape index (κ1) is 14.2. The molecule has 1 unspecified atom stereocenters. The molecule has 108 valence electrons. The average Bonchev–Trinajstić information content (AvgIpc) is 3.28. The number of rotatable bonds is 5. The van der Waals surface area contributed by atoms with Gasteiger partial charge in [0, 0.05) is 35.0 Å². The van der Waals surface area contributed by atoms with Crippen LogP contribution >= 0.6 is 23.4 Å². The lowest BCUT2D eigenvalue weighted by Gasteiger charge is -2.26. The van der Waals surface area contributed by atoms with Gasteiger partial charge in [-0.25, -0.2) is 0 Å². The van der Waals surface area contributed by atoms with Crippen LogP contribution in [0.3, 0.4) is 0 Å². The quantitative estimate of drug-likeness (QED) is 0.822. The number of hydrogen-bond donors (Lipinski definition) is 2. The third kappa shape index (κ3) is 3.48. The molecule has 1 aliphatic carbocycles. The molecule has 1 atom stereocenters. The standard InChI is InChI=1S/C15H19ClN2OS/c16-11-3-4-14-12(9-11)13(5-8-20-14)17-6-7-18-15(19)10-1-2-10/h3-4,9-10,13,17H,1-2,5-8H2,(H,18,19). The molecule has 2 N–H and O–H groups in total. The molecule has 3 nitrogen and oxygen atoms in total. The van der Waals surface area contributed by atoms with Gasteiger partial charge in [0.2, 0.25) is 5.91 Å². The number of halogens is 1. The van der Waals surface area contributed by atoms with Crippen molar-refractivity contribution in [2.75, 3.05) is 18.8 Å². The number of thioether (sulfide) groups is 1. The van der Waals surface area contributed by atoms with Crippen LogP contribution in [0.2, 0.25) is 5.02 Å². The predicted octanol–water partition coefficient (Wildman–Crippen LogP) is 2.99. The summed E-state index contributed by atoms with van der Waals surface area (Å²) in [4.78, 5) is 12.9. The van der Waals surface area contributed by atoms with Crippen molar-refractivity contribution < 1.29 is 4.79 Å². The lowest BCUT2D eigenvalue weighted by Crippen LogP contribution is -2.35. The highest BCUT2D eigenvalue weighted by Crippen LogP contribution is 2.37. The van der Waals surface area contributed by atoms with Crippen molar-refractivity contribution in [3.63, 3.8) is 0 Å². The van der Waals surface area contributed by atoms with Gasteiger partial charge >= 0.3 is 0 Å². The first-order chi connectivity index (χ1) is 9.74. The SMILES string of the molecule is O=C(NCCNC1CCSc2ccc(Cl)cc21)C1CC1. The molecule has 0 saturated heterocycles. The van der Waals surface area contributed by atoms with E-state index in [9.17, 15) is 4.79 Å². The fourth-order valence-electron chi connectivity index (χ4n) is 2.50. The van der Waals surface area contributed by atoms with Crippen LogP contribution in [0.1, 0.15) is 30.9 Å². The third-order valence-electron chi connectivity index (χ3n) is 3.77. The van der Waals surface area contributed by atoms with Crippen molar-refractivity contribution >= 4 is 29.3 Å². The Bertz CT molecular complexity index is 505. The van der Waals surface area contributed by atoms with Crippen LogP contribution in [-0.4, -0.2) is 24.7 Å². The van der Waals surface area contributed by atoms with Crippen molar-refractivity contribution in [1.29, 1.82) is 0 Å². The number of carbonyl (C=O) groups excluding carboxylic acids is 1. The Morgan fingerprint density at radius 3 is 2.95 bits per heavy atom. The van der Waals surface area contributed by atoms with Gasteiger partial charge in [-0.2, -0.15) is 0 Å². The average molecular weight is 311 g/mol. The van der Waals surface area contributed by atoms with Crippen molar-refractivity contribution in [3.8, 4) is 0 Å². The van der Waals surface area contributed by atoms with Gasteiger partial charge in [0.25, 0.3) is 0 Å². The van der Waals surface area contributed by atoms with E-state index >= 15 is 0 Å². The van der Waals surface area contributed by atoms with Gasteiger partial charge in [-0.3, -0.25) is 4.79 Å². The normalized spacial score (nSPS) is 21.4.